The number of carbonyl (C=O) groups excluding carboxylic acids is 1. The first-order valence-electron chi connectivity index (χ1n) is 6.26. The molecular weight excluding hydrogens is 200 g/mol. The van der Waals surface area contributed by atoms with Crippen LogP contribution in [0.25, 0.3) is 0 Å². The lowest BCUT2D eigenvalue weighted by atomic mass is 10.1. The molecule has 1 N–H and O–H groups in total. The number of amides is 1. The first-order chi connectivity index (χ1) is 7.84. The Morgan fingerprint density at radius 1 is 1.25 bits per heavy atom. The van der Waals surface area contributed by atoms with Crippen molar-refractivity contribution in [2.45, 2.75) is 38.5 Å². The van der Waals surface area contributed by atoms with Crippen molar-refractivity contribution in [3.8, 4) is 12.3 Å². The molecule has 0 aromatic heterocycles. The molecule has 1 amide bonds. The summed E-state index contributed by atoms with van der Waals surface area (Å²) in [7, 11) is 0. The second kappa shape index (κ2) is 8.18. The molecule has 0 atom stereocenters. The van der Waals surface area contributed by atoms with Gasteiger partial charge in [-0.1, -0.05) is 0 Å². The highest BCUT2D eigenvalue weighted by Gasteiger charge is 2.15. The summed E-state index contributed by atoms with van der Waals surface area (Å²) in [4.78, 5) is 13.7. The van der Waals surface area contributed by atoms with Crippen molar-refractivity contribution in [1.29, 1.82) is 0 Å². The second-order valence-corrected chi connectivity index (χ2v) is 4.25. The quantitative estimate of drug-likeness (QED) is 0.544. The Morgan fingerprint density at radius 2 is 2.00 bits per heavy atom. The standard InChI is InChI=1S/C13H22N2O/c1-2-3-5-9-14-10-8-13(16)15-11-6-4-7-12-15/h1,14H,3-12H2. The molecule has 1 saturated heterocycles. The van der Waals surface area contributed by atoms with E-state index in [2.05, 4.69) is 11.2 Å². The average Bonchev–Trinajstić information content (AvgIpc) is 2.34. The molecule has 1 aliphatic rings. The number of rotatable bonds is 6. The van der Waals surface area contributed by atoms with Crippen LogP contribution in [0.4, 0.5) is 0 Å². The highest BCUT2D eigenvalue weighted by atomic mass is 16.2. The average molecular weight is 222 g/mol. The minimum atomic E-state index is 0.296. The lowest BCUT2D eigenvalue weighted by molar-refractivity contribution is -0.131. The van der Waals surface area contributed by atoms with Crippen LogP contribution in [0.1, 0.15) is 38.5 Å². The van der Waals surface area contributed by atoms with Gasteiger partial charge in [0.15, 0.2) is 0 Å². The van der Waals surface area contributed by atoms with Gasteiger partial charge in [-0.15, -0.1) is 12.3 Å². The number of piperidine rings is 1. The van der Waals surface area contributed by atoms with E-state index in [-0.39, 0.29) is 0 Å². The maximum absolute atomic E-state index is 11.7. The van der Waals surface area contributed by atoms with Crippen LogP contribution in [0.3, 0.4) is 0 Å². The van der Waals surface area contributed by atoms with E-state index in [1.165, 1.54) is 19.3 Å². The summed E-state index contributed by atoms with van der Waals surface area (Å²) in [6.45, 7) is 3.60. The Morgan fingerprint density at radius 3 is 2.69 bits per heavy atom. The van der Waals surface area contributed by atoms with Crippen molar-refractivity contribution in [1.82, 2.24) is 10.2 Å². The summed E-state index contributed by atoms with van der Waals surface area (Å²) < 4.78 is 0. The molecule has 0 spiro atoms. The monoisotopic (exact) mass is 222 g/mol. The van der Waals surface area contributed by atoms with Crippen LogP contribution in [0.15, 0.2) is 0 Å². The fourth-order valence-corrected chi connectivity index (χ4v) is 1.94. The Kier molecular flexibility index (Phi) is 6.67. The molecule has 0 aromatic rings. The summed E-state index contributed by atoms with van der Waals surface area (Å²) in [5.74, 6) is 2.90. The molecule has 90 valence electrons. The number of nitrogens with one attached hydrogen (secondary N) is 1. The van der Waals surface area contributed by atoms with E-state index in [1.807, 2.05) is 4.90 Å². The lowest BCUT2D eigenvalue weighted by Gasteiger charge is -2.26. The van der Waals surface area contributed by atoms with Gasteiger partial charge in [0.05, 0.1) is 0 Å². The predicted octanol–water partition coefficient (Wildman–Crippen LogP) is 1.39. The second-order valence-electron chi connectivity index (χ2n) is 4.25. The van der Waals surface area contributed by atoms with Gasteiger partial charge in [0.1, 0.15) is 0 Å². The zero-order chi connectivity index (χ0) is 11.6. The molecule has 0 aliphatic carbocycles. The number of terminal acetylenes is 1. The minimum Gasteiger partial charge on any atom is -0.343 e. The Labute approximate surface area is 98.6 Å². The topological polar surface area (TPSA) is 32.3 Å². The summed E-state index contributed by atoms with van der Waals surface area (Å²) in [6, 6.07) is 0. The normalized spacial score (nSPS) is 15.8. The van der Waals surface area contributed by atoms with Crippen molar-refractivity contribution >= 4 is 5.91 Å². The molecule has 3 nitrogen and oxygen atoms in total. The SMILES string of the molecule is C#CCCCNCCC(=O)N1CCCCC1. The van der Waals surface area contributed by atoms with Crippen molar-refractivity contribution < 1.29 is 4.79 Å². The smallest absolute Gasteiger partial charge is 0.223 e. The number of carbonyl (C=O) groups is 1. The first kappa shape index (κ1) is 13.1. The molecule has 0 aromatic carbocycles. The van der Waals surface area contributed by atoms with Gasteiger partial charge >= 0.3 is 0 Å². The van der Waals surface area contributed by atoms with Crippen molar-refractivity contribution in [2.75, 3.05) is 26.2 Å². The van der Waals surface area contributed by atoms with Gasteiger partial charge in [0, 0.05) is 32.5 Å². The van der Waals surface area contributed by atoms with Crippen molar-refractivity contribution in [3.63, 3.8) is 0 Å². The minimum absolute atomic E-state index is 0.296. The zero-order valence-electron chi connectivity index (χ0n) is 10.0. The molecular formula is C13H22N2O. The predicted molar refractivity (Wildman–Crippen MR) is 66.0 cm³/mol. The fraction of sp³-hybridized carbons (Fsp3) is 0.769. The van der Waals surface area contributed by atoms with Gasteiger partial charge in [-0.2, -0.15) is 0 Å². The molecule has 0 unspecified atom stereocenters. The Hall–Kier alpha value is -1.01. The molecule has 1 fully saturated rings. The maximum atomic E-state index is 11.7. The van der Waals surface area contributed by atoms with E-state index in [0.29, 0.717) is 12.3 Å². The summed E-state index contributed by atoms with van der Waals surface area (Å²) in [5.41, 5.74) is 0. The number of likely N-dealkylation sites (tertiary alicyclic amines) is 1. The highest BCUT2D eigenvalue weighted by molar-refractivity contribution is 5.76. The third-order valence-electron chi connectivity index (χ3n) is 2.90. The van der Waals surface area contributed by atoms with Crippen LogP contribution >= 0.6 is 0 Å². The van der Waals surface area contributed by atoms with Crippen LogP contribution in [0.2, 0.25) is 0 Å². The molecule has 3 heteroatoms. The number of nitrogens with zero attached hydrogens (tertiary/aromatic N) is 1. The molecule has 1 heterocycles. The third kappa shape index (κ3) is 5.18. The van der Waals surface area contributed by atoms with Crippen LogP contribution in [-0.4, -0.2) is 37.0 Å². The van der Waals surface area contributed by atoms with E-state index in [0.717, 1.165) is 39.0 Å². The number of unbranched alkanes of at least 4 members (excludes halogenated alkanes) is 1. The Bertz CT molecular complexity index is 239. The van der Waals surface area contributed by atoms with Crippen LogP contribution in [-0.2, 0) is 4.79 Å². The van der Waals surface area contributed by atoms with Gasteiger partial charge in [0.25, 0.3) is 0 Å². The lowest BCUT2D eigenvalue weighted by Crippen LogP contribution is -2.37. The zero-order valence-corrected chi connectivity index (χ0v) is 10.0. The molecule has 0 bridgehead atoms. The van der Waals surface area contributed by atoms with Crippen molar-refractivity contribution in [2.24, 2.45) is 0 Å². The molecule has 1 rings (SSSR count). The third-order valence-corrected chi connectivity index (χ3v) is 2.90. The van der Waals surface area contributed by atoms with Crippen LogP contribution in [0, 0.1) is 12.3 Å². The largest absolute Gasteiger partial charge is 0.343 e. The first-order valence-corrected chi connectivity index (χ1v) is 6.26. The summed E-state index contributed by atoms with van der Waals surface area (Å²) in [6.07, 6.45) is 11.2. The maximum Gasteiger partial charge on any atom is 0.223 e. The highest BCUT2D eigenvalue weighted by Crippen LogP contribution is 2.09. The van der Waals surface area contributed by atoms with Crippen LogP contribution < -0.4 is 5.32 Å². The molecule has 0 radical (unpaired) electrons. The van der Waals surface area contributed by atoms with Crippen molar-refractivity contribution in [3.05, 3.63) is 0 Å². The Balaban J connectivity index is 1.99. The van der Waals surface area contributed by atoms with E-state index in [9.17, 15) is 4.79 Å². The van der Waals surface area contributed by atoms with Gasteiger partial charge in [-0.05, 0) is 32.2 Å². The van der Waals surface area contributed by atoms with E-state index in [1.54, 1.807) is 0 Å². The van der Waals surface area contributed by atoms with E-state index in [4.69, 9.17) is 6.42 Å². The van der Waals surface area contributed by atoms with Gasteiger partial charge < -0.3 is 10.2 Å². The van der Waals surface area contributed by atoms with Gasteiger partial charge in [-0.25, -0.2) is 0 Å². The fourth-order valence-electron chi connectivity index (χ4n) is 1.94. The number of hydrogen-bond acceptors (Lipinski definition) is 2. The molecule has 0 saturated carbocycles. The van der Waals surface area contributed by atoms with Crippen LogP contribution in [0.5, 0.6) is 0 Å². The van der Waals surface area contributed by atoms with Gasteiger partial charge in [-0.3, -0.25) is 4.79 Å². The molecule has 1 aliphatic heterocycles. The summed E-state index contributed by atoms with van der Waals surface area (Å²) >= 11 is 0. The molecule has 16 heavy (non-hydrogen) atoms. The summed E-state index contributed by atoms with van der Waals surface area (Å²) in [5, 5.41) is 3.25. The van der Waals surface area contributed by atoms with E-state index < -0.39 is 0 Å². The van der Waals surface area contributed by atoms with E-state index >= 15 is 0 Å². The van der Waals surface area contributed by atoms with Gasteiger partial charge in [0.2, 0.25) is 5.91 Å². The number of hydrogen-bond donors (Lipinski definition) is 1.